The minimum Gasteiger partial charge on any atom is -0.481 e. The fourth-order valence-corrected chi connectivity index (χ4v) is 1.81. The number of hydrogen-bond acceptors (Lipinski definition) is 4. The zero-order chi connectivity index (χ0) is 14.1. The number of ether oxygens (including phenoxy) is 1. The van der Waals surface area contributed by atoms with Gasteiger partial charge in [-0.2, -0.15) is 0 Å². The zero-order valence-electron chi connectivity index (χ0n) is 11.0. The van der Waals surface area contributed by atoms with E-state index in [0.717, 1.165) is 5.56 Å². The van der Waals surface area contributed by atoms with Gasteiger partial charge in [0.25, 0.3) is 0 Å². The summed E-state index contributed by atoms with van der Waals surface area (Å²) >= 11 is 0. The summed E-state index contributed by atoms with van der Waals surface area (Å²) in [6, 6.07) is 9.61. The van der Waals surface area contributed by atoms with Crippen molar-refractivity contribution >= 4 is 11.9 Å². The summed E-state index contributed by atoms with van der Waals surface area (Å²) in [5.74, 6) is -1.14. The van der Waals surface area contributed by atoms with Crippen LogP contribution in [0.2, 0.25) is 0 Å². The maximum absolute atomic E-state index is 11.2. The number of carboxylic acids is 1. The first-order chi connectivity index (χ1) is 9.13. The van der Waals surface area contributed by atoms with Gasteiger partial charge >= 0.3 is 11.9 Å². The third kappa shape index (κ3) is 6.01. The average molecular weight is 265 g/mol. The lowest BCUT2D eigenvalue weighted by atomic mass is 10.0. The molecule has 0 bridgehead atoms. The molecule has 1 unspecified atom stereocenters. The van der Waals surface area contributed by atoms with Crippen LogP contribution < -0.4 is 5.32 Å². The number of esters is 1. The number of hydrogen-bond donors (Lipinski definition) is 2. The molecule has 1 aromatic carbocycles. The van der Waals surface area contributed by atoms with Gasteiger partial charge in [0.2, 0.25) is 0 Å². The van der Waals surface area contributed by atoms with Crippen LogP contribution >= 0.6 is 0 Å². The summed E-state index contributed by atoms with van der Waals surface area (Å²) in [6.07, 6.45) is 1.35. The van der Waals surface area contributed by atoms with E-state index in [0.29, 0.717) is 12.8 Å². The molecule has 0 spiro atoms. The Hall–Kier alpha value is -1.88. The number of nitrogens with one attached hydrogen (secondary N) is 1. The second-order valence-electron chi connectivity index (χ2n) is 4.21. The van der Waals surface area contributed by atoms with Crippen LogP contribution in [0.15, 0.2) is 30.3 Å². The highest BCUT2D eigenvalue weighted by Crippen LogP contribution is 2.18. The van der Waals surface area contributed by atoms with Crippen LogP contribution in [-0.4, -0.2) is 30.7 Å². The summed E-state index contributed by atoms with van der Waals surface area (Å²) in [7, 11) is 1.34. The Balaban J connectivity index is 2.57. The van der Waals surface area contributed by atoms with E-state index in [1.54, 1.807) is 0 Å². The van der Waals surface area contributed by atoms with Gasteiger partial charge in [0.15, 0.2) is 0 Å². The van der Waals surface area contributed by atoms with E-state index in [9.17, 15) is 9.59 Å². The first-order valence-corrected chi connectivity index (χ1v) is 6.20. The zero-order valence-corrected chi connectivity index (χ0v) is 11.0. The minimum absolute atomic E-state index is 0.0420. The van der Waals surface area contributed by atoms with Gasteiger partial charge in [-0.1, -0.05) is 30.3 Å². The van der Waals surface area contributed by atoms with Gasteiger partial charge in [0.1, 0.15) is 0 Å². The van der Waals surface area contributed by atoms with Gasteiger partial charge in [-0.05, 0) is 18.4 Å². The van der Waals surface area contributed by atoms with Gasteiger partial charge in [0, 0.05) is 12.5 Å². The lowest BCUT2D eigenvalue weighted by Crippen LogP contribution is -2.28. The van der Waals surface area contributed by atoms with Crippen LogP contribution in [0.4, 0.5) is 0 Å². The predicted molar refractivity (Wildman–Crippen MR) is 70.7 cm³/mol. The van der Waals surface area contributed by atoms with Crippen molar-refractivity contribution in [2.45, 2.75) is 25.3 Å². The number of carbonyl (C=O) groups is 2. The van der Waals surface area contributed by atoms with Crippen LogP contribution in [0.5, 0.6) is 0 Å². The standard InChI is InChI=1S/C14H19NO4/c1-19-14(18)10-15-12(8-5-9-13(16)17)11-6-3-2-4-7-11/h2-4,6-7,12,15H,5,8-10H2,1H3,(H,16,17). The summed E-state index contributed by atoms with van der Waals surface area (Å²) in [5.41, 5.74) is 1.04. The van der Waals surface area contributed by atoms with Crippen LogP contribution in [0, 0.1) is 0 Å². The molecular weight excluding hydrogens is 246 g/mol. The number of carboxylic acid groups (broad SMARTS) is 1. The monoisotopic (exact) mass is 265 g/mol. The maximum atomic E-state index is 11.2. The van der Waals surface area contributed by atoms with Crippen LogP contribution in [-0.2, 0) is 14.3 Å². The largest absolute Gasteiger partial charge is 0.481 e. The number of rotatable bonds is 8. The Labute approximate surface area is 112 Å². The van der Waals surface area contributed by atoms with E-state index in [1.165, 1.54) is 7.11 Å². The van der Waals surface area contributed by atoms with E-state index in [4.69, 9.17) is 5.11 Å². The molecule has 0 saturated heterocycles. The van der Waals surface area contributed by atoms with Gasteiger partial charge in [0.05, 0.1) is 13.7 Å². The van der Waals surface area contributed by atoms with Crippen molar-refractivity contribution in [3.8, 4) is 0 Å². The van der Waals surface area contributed by atoms with Gasteiger partial charge in [-0.3, -0.25) is 9.59 Å². The minimum atomic E-state index is -0.806. The second kappa shape index (κ2) is 8.26. The Kier molecular flexibility index (Phi) is 6.60. The summed E-state index contributed by atoms with van der Waals surface area (Å²) in [6.45, 7) is 0.114. The van der Waals surface area contributed by atoms with Gasteiger partial charge in [-0.25, -0.2) is 0 Å². The summed E-state index contributed by atoms with van der Waals surface area (Å²) < 4.78 is 4.58. The van der Waals surface area contributed by atoms with Crippen molar-refractivity contribution in [2.24, 2.45) is 0 Å². The van der Waals surface area contributed by atoms with Crippen LogP contribution in [0.25, 0.3) is 0 Å². The molecule has 0 radical (unpaired) electrons. The molecule has 0 aliphatic rings. The Morgan fingerprint density at radius 2 is 2.00 bits per heavy atom. The molecule has 104 valence electrons. The highest BCUT2D eigenvalue weighted by molar-refractivity contribution is 5.71. The molecule has 0 aromatic heterocycles. The maximum Gasteiger partial charge on any atom is 0.319 e. The second-order valence-corrected chi connectivity index (χ2v) is 4.21. The van der Waals surface area contributed by atoms with Gasteiger partial charge in [-0.15, -0.1) is 0 Å². The highest BCUT2D eigenvalue weighted by Gasteiger charge is 2.13. The van der Waals surface area contributed by atoms with Crippen molar-refractivity contribution in [2.75, 3.05) is 13.7 Å². The van der Waals surface area contributed by atoms with Crippen LogP contribution in [0.3, 0.4) is 0 Å². The molecule has 5 heteroatoms. The van der Waals surface area contributed by atoms with E-state index in [2.05, 4.69) is 10.1 Å². The van der Waals surface area contributed by atoms with Crippen molar-refractivity contribution in [3.63, 3.8) is 0 Å². The molecule has 1 aromatic rings. The van der Waals surface area contributed by atoms with Crippen molar-refractivity contribution in [3.05, 3.63) is 35.9 Å². The highest BCUT2D eigenvalue weighted by atomic mass is 16.5. The number of carbonyl (C=O) groups excluding carboxylic acids is 1. The Bertz CT molecular complexity index is 405. The predicted octanol–water partition coefficient (Wildman–Crippen LogP) is 1.75. The third-order valence-corrected chi connectivity index (χ3v) is 2.81. The quantitative estimate of drug-likeness (QED) is 0.700. The molecule has 2 N–H and O–H groups in total. The summed E-state index contributed by atoms with van der Waals surface area (Å²) in [5, 5.41) is 11.8. The van der Waals surface area contributed by atoms with E-state index in [1.807, 2.05) is 30.3 Å². The molecule has 0 amide bonds. The van der Waals surface area contributed by atoms with Gasteiger partial charge < -0.3 is 15.2 Å². The summed E-state index contributed by atoms with van der Waals surface area (Å²) in [4.78, 5) is 21.7. The van der Waals surface area contributed by atoms with Crippen LogP contribution in [0.1, 0.15) is 30.9 Å². The topological polar surface area (TPSA) is 75.6 Å². The fourth-order valence-electron chi connectivity index (χ4n) is 1.81. The van der Waals surface area contributed by atoms with E-state index < -0.39 is 5.97 Å². The molecule has 1 rings (SSSR count). The van der Waals surface area contributed by atoms with Crippen molar-refractivity contribution in [1.29, 1.82) is 0 Å². The molecule has 1 atom stereocenters. The molecule has 0 heterocycles. The number of benzene rings is 1. The SMILES string of the molecule is COC(=O)CNC(CCCC(=O)O)c1ccccc1. The lowest BCUT2D eigenvalue weighted by molar-refractivity contribution is -0.140. The normalized spacial score (nSPS) is 11.8. The molecular formula is C14H19NO4. The molecule has 0 aliphatic carbocycles. The number of methoxy groups -OCH3 is 1. The Morgan fingerprint density at radius 1 is 1.32 bits per heavy atom. The van der Waals surface area contributed by atoms with E-state index >= 15 is 0 Å². The first-order valence-electron chi connectivity index (χ1n) is 6.20. The smallest absolute Gasteiger partial charge is 0.319 e. The van der Waals surface area contributed by atoms with E-state index in [-0.39, 0.29) is 25.0 Å². The molecule has 19 heavy (non-hydrogen) atoms. The Morgan fingerprint density at radius 3 is 2.58 bits per heavy atom. The lowest BCUT2D eigenvalue weighted by Gasteiger charge is -2.18. The first kappa shape index (κ1) is 15.2. The molecule has 0 fully saturated rings. The molecule has 0 saturated carbocycles. The molecule has 5 nitrogen and oxygen atoms in total. The average Bonchev–Trinajstić information content (AvgIpc) is 2.42. The third-order valence-electron chi connectivity index (χ3n) is 2.81. The molecule has 0 aliphatic heterocycles. The van der Waals surface area contributed by atoms with Crippen molar-refractivity contribution < 1.29 is 19.4 Å². The number of aliphatic carboxylic acids is 1. The fraction of sp³-hybridized carbons (Fsp3) is 0.429. The van der Waals surface area contributed by atoms with Crippen molar-refractivity contribution in [1.82, 2.24) is 5.32 Å².